The molecule has 2 rings (SSSR count). The first-order valence-corrected chi connectivity index (χ1v) is 7.11. The summed E-state index contributed by atoms with van der Waals surface area (Å²) in [6.07, 6.45) is 1.28. The van der Waals surface area contributed by atoms with Crippen molar-refractivity contribution in [1.82, 2.24) is 5.32 Å². The molecular weight excluding hydrogens is 264 g/mol. The summed E-state index contributed by atoms with van der Waals surface area (Å²) >= 11 is 1.46. The number of carbonyl (C=O) groups excluding carboxylic acids is 1. The molecule has 0 spiro atoms. The van der Waals surface area contributed by atoms with Crippen LogP contribution in [0.3, 0.4) is 0 Å². The first-order valence-electron chi connectivity index (χ1n) is 6.12. The molecule has 1 aromatic carbocycles. The maximum atomic E-state index is 11.5. The van der Waals surface area contributed by atoms with Crippen LogP contribution in [-0.2, 0) is 4.79 Å². The molecule has 0 fully saturated rings. The second-order valence-electron chi connectivity index (χ2n) is 4.30. The van der Waals surface area contributed by atoms with Gasteiger partial charge in [0.05, 0.1) is 6.04 Å². The molecule has 0 aromatic heterocycles. The topological polar surface area (TPSA) is 81.9 Å². The van der Waals surface area contributed by atoms with E-state index in [4.69, 9.17) is 0 Å². The number of nitrogens with one attached hydrogen (secondary N) is 1. The summed E-state index contributed by atoms with van der Waals surface area (Å²) in [6.45, 7) is 1.94. The third kappa shape index (κ3) is 3.41. The van der Waals surface area contributed by atoms with Gasteiger partial charge in [0, 0.05) is 23.8 Å². The Bertz CT molecular complexity index is 517. The fraction of sp³-hybridized carbons (Fsp3) is 0.385. The van der Waals surface area contributed by atoms with Crippen LogP contribution < -0.4 is 5.32 Å². The van der Waals surface area contributed by atoms with Gasteiger partial charge < -0.3 is 15.5 Å². The van der Waals surface area contributed by atoms with E-state index in [9.17, 15) is 15.0 Å². The highest BCUT2D eigenvalue weighted by atomic mass is 32.2. The van der Waals surface area contributed by atoms with Crippen LogP contribution in [0.15, 0.2) is 23.2 Å². The van der Waals surface area contributed by atoms with E-state index in [1.165, 1.54) is 23.9 Å². The number of benzene rings is 1. The van der Waals surface area contributed by atoms with Crippen molar-refractivity contribution in [3.05, 3.63) is 23.8 Å². The summed E-state index contributed by atoms with van der Waals surface area (Å²) < 4.78 is 0. The number of thioether (sulfide) groups is 1. The monoisotopic (exact) mass is 280 g/mol. The average molecular weight is 280 g/mol. The number of nitrogens with zero attached hydrogens (tertiary/aromatic N) is 1. The van der Waals surface area contributed by atoms with Crippen LogP contribution in [0.4, 0.5) is 0 Å². The van der Waals surface area contributed by atoms with E-state index in [2.05, 4.69) is 10.3 Å². The van der Waals surface area contributed by atoms with E-state index in [0.29, 0.717) is 22.9 Å². The van der Waals surface area contributed by atoms with Gasteiger partial charge in [0.25, 0.3) is 0 Å². The van der Waals surface area contributed by atoms with Crippen molar-refractivity contribution in [2.45, 2.75) is 25.8 Å². The van der Waals surface area contributed by atoms with Gasteiger partial charge in [0.1, 0.15) is 11.5 Å². The minimum atomic E-state index is -0.192. The van der Waals surface area contributed by atoms with E-state index >= 15 is 0 Å². The van der Waals surface area contributed by atoms with Crippen molar-refractivity contribution < 1.29 is 15.0 Å². The summed E-state index contributed by atoms with van der Waals surface area (Å²) in [4.78, 5) is 15.8. The van der Waals surface area contributed by atoms with Gasteiger partial charge in [0.15, 0.2) is 5.17 Å². The fourth-order valence-corrected chi connectivity index (χ4v) is 2.78. The van der Waals surface area contributed by atoms with E-state index in [0.717, 1.165) is 6.42 Å². The summed E-state index contributed by atoms with van der Waals surface area (Å²) in [5, 5.41) is 22.4. The minimum absolute atomic E-state index is 0.0207. The molecule has 0 saturated heterocycles. The Balaban J connectivity index is 2.07. The Morgan fingerprint density at radius 2 is 2.32 bits per heavy atom. The lowest BCUT2D eigenvalue weighted by Gasteiger charge is -2.08. The van der Waals surface area contributed by atoms with Crippen LogP contribution >= 0.6 is 11.8 Å². The maximum absolute atomic E-state index is 11.5. The zero-order valence-electron chi connectivity index (χ0n) is 10.6. The van der Waals surface area contributed by atoms with Crippen molar-refractivity contribution in [2.75, 3.05) is 5.75 Å². The molecule has 6 heteroatoms. The summed E-state index contributed by atoms with van der Waals surface area (Å²) in [6, 6.07) is 4.27. The quantitative estimate of drug-likeness (QED) is 0.792. The van der Waals surface area contributed by atoms with Crippen LogP contribution in [0.1, 0.15) is 31.4 Å². The number of amidine groups is 1. The van der Waals surface area contributed by atoms with Gasteiger partial charge in [-0.3, -0.25) is 9.79 Å². The zero-order valence-corrected chi connectivity index (χ0v) is 11.4. The molecule has 102 valence electrons. The second-order valence-corrected chi connectivity index (χ2v) is 5.31. The molecule has 0 aliphatic carbocycles. The maximum Gasteiger partial charge on any atom is 0.225 e. The van der Waals surface area contributed by atoms with Crippen molar-refractivity contribution in [3.8, 4) is 11.5 Å². The number of phenolic OH excluding ortho intramolecular Hbond substituents is 2. The van der Waals surface area contributed by atoms with Gasteiger partial charge in [-0.1, -0.05) is 18.7 Å². The van der Waals surface area contributed by atoms with E-state index in [1.54, 1.807) is 6.07 Å². The molecule has 1 aliphatic heterocycles. The first kappa shape index (κ1) is 13.7. The predicted octanol–water partition coefficient (Wildman–Crippen LogP) is 2.16. The largest absolute Gasteiger partial charge is 0.508 e. The number of hydrogen-bond acceptors (Lipinski definition) is 5. The van der Waals surface area contributed by atoms with Gasteiger partial charge in [-0.25, -0.2) is 0 Å². The zero-order chi connectivity index (χ0) is 13.8. The summed E-state index contributed by atoms with van der Waals surface area (Å²) in [5.74, 6) is 0.673. The van der Waals surface area contributed by atoms with Crippen molar-refractivity contribution in [3.63, 3.8) is 0 Å². The molecule has 1 atom stereocenters. The Kier molecular flexibility index (Phi) is 4.31. The molecule has 19 heavy (non-hydrogen) atoms. The van der Waals surface area contributed by atoms with Gasteiger partial charge in [-0.15, -0.1) is 0 Å². The SMILES string of the molecule is CCCC(=O)NC1=NC(c2ccc(O)cc2O)CS1. The molecule has 1 heterocycles. The fourth-order valence-electron chi connectivity index (χ4n) is 1.82. The van der Waals surface area contributed by atoms with E-state index in [1.807, 2.05) is 6.92 Å². The molecule has 1 aromatic rings. The van der Waals surface area contributed by atoms with Crippen molar-refractivity contribution >= 4 is 22.8 Å². The molecule has 0 radical (unpaired) electrons. The minimum Gasteiger partial charge on any atom is -0.508 e. The number of rotatable bonds is 3. The number of hydrogen-bond donors (Lipinski definition) is 3. The van der Waals surface area contributed by atoms with Crippen molar-refractivity contribution in [2.24, 2.45) is 4.99 Å². The third-order valence-corrected chi connectivity index (χ3v) is 3.71. The summed E-state index contributed by atoms with van der Waals surface area (Å²) in [5.41, 5.74) is 0.657. The highest BCUT2D eigenvalue weighted by Gasteiger charge is 2.23. The van der Waals surface area contributed by atoms with Crippen LogP contribution in [0.25, 0.3) is 0 Å². The van der Waals surface area contributed by atoms with Gasteiger partial charge in [-0.2, -0.15) is 0 Å². The lowest BCUT2D eigenvalue weighted by atomic mass is 10.1. The Morgan fingerprint density at radius 3 is 3.00 bits per heavy atom. The Morgan fingerprint density at radius 1 is 1.53 bits per heavy atom. The average Bonchev–Trinajstić information content (AvgIpc) is 2.77. The number of phenols is 2. The van der Waals surface area contributed by atoms with E-state index < -0.39 is 0 Å². The lowest BCUT2D eigenvalue weighted by Crippen LogP contribution is -2.26. The first-order chi connectivity index (χ1) is 9.10. The number of carbonyl (C=O) groups is 1. The number of aromatic hydroxyl groups is 2. The second kappa shape index (κ2) is 5.97. The van der Waals surface area contributed by atoms with Gasteiger partial charge in [0.2, 0.25) is 5.91 Å². The molecule has 0 saturated carbocycles. The standard InChI is InChI=1S/C13H16N2O3S/c1-2-3-12(18)15-13-14-10(7-19-13)9-5-4-8(16)6-11(9)17/h4-6,10,16-17H,2-3,7H2,1H3,(H,14,15,18). The molecule has 3 N–H and O–H groups in total. The van der Waals surface area contributed by atoms with Crippen LogP contribution in [-0.4, -0.2) is 27.0 Å². The number of aliphatic imine (C=N–C) groups is 1. The van der Waals surface area contributed by atoms with Crippen molar-refractivity contribution in [1.29, 1.82) is 0 Å². The van der Waals surface area contributed by atoms with Gasteiger partial charge >= 0.3 is 0 Å². The Labute approximate surface area is 115 Å². The molecule has 1 aliphatic rings. The molecule has 5 nitrogen and oxygen atoms in total. The lowest BCUT2D eigenvalue weighted by molar-refractivity contribution is -0.119. The van der Waals surface area contributed by atoms with Crippen LogP contribution in [0, 0.1) is 0 Å². The smallest absolute Gasteiger partial charge is 0.225 e. The predicted molar refractivity (Wildman–Crippen MR) is 75.5 cm³/mol. The molecule has 1 unspecified atom stereocenters. The highest BCUT2D eigenvalue weighted by molar-refractivity contribution is 8.14. The highest BCUT2D eigenvalue weighted by Crippen LogP contribution is 2.35. The van der Waals surface area contributed by atoms with Gasteiger partial charge in [-0.05, 0) is 18.6 Å². The molecule has 1 amide bonds. The van der Waals surface area contributed by atoms with Crippen LogP contribution in [0.2, 0.25) is 0 Å². The number of amides is 1. The third-order valence-electron chi connectivity index (χ3n) is 2.75. The summed E-state index contributed by atoms with van der Waals surface area (Å²) in [7, 11) is 0. The van der Waals surface area contributed by atoms with Crippen LogP contribution in [0.5, 0.6) is 11.5 Å². The molecule has 0 bridgehead atoms. The normalized spacial score (nSPS) is 18.2. The van der Waals surface area contributed by atoms with E-state index in [-0.39, 0.29) is 23.4 Å². The Hall–Kier alpha value is -1.69. The molecular formula is C13H16N2O3S.